The topological polar surface area (TPSA) is 67.4 Å². The Morgan fingerprint density at radius 3 is 2.89 bits per heavy atom. The Balaban J connectivity index is 1.66. The SMILES string of the molecule is O=C(NCc1cccs1)C(=O)NC[C@@H]1CCCO1. The third-order valence-electron chi connectivity index (χ3n) is 2.72. The van der Waals surface area contributed by atoms with Crippen molar-refractivity contribution in [2.24, 2.45) is 0 Å². The third kappa shape index (κ3) is 3.82. The van der Waals surface area contributed by atoms with E-state index in [-0.39, 0.29) is 6.10 Å². The van der Waals surface area contributed by atoms with Crippen LogP contribution in [0.5, 0.6) is 0 Å². The summed E-state index contributed by atoms with van der Waals surface area (Å²) in [4.78, 5) is 24.0. The zero-order valence-electron chi connectivity index (χ0n) is 9.98. The van der Waals surface area contributed by atoms with E-state index in [0.717, 1.165) is 24.3 Å². The van der Waals surface area contributed by atoms with E-state index in [1.54, 1.807) is 11.3 Å². The molecule has 0 aliphatic carbocycles. The van der Waals surface area contributed by atoms with E-state index >= 15 is 0 Å². The Kier molecular flexibility index (Phi) is 4.72. The molecule has 0 bridgehead atoms. The number of ether oxygens (including phenoxy) is 1. The lowest BCUT2D eigenvalue weighted by Crippen LogP contribution is -2.42. The molecule has 6 heteroatoms. The van der Waals surface area contributed by atoms with Gasteiger partial charge in [-0.05, 0) is 24.3 Å². The summed E-state index contributed by atoms with van der Waals surface area (Å²) in [5.74, 6) is -1.19. The summed E-state index contributed by atoms with van der Waals surface area (Å²) >= 11 is 1.54. The minimum atomic E-state index is -0.596. The fraction of sp³-hybridized carbons (Fsp3) is 0.500. The monoisotopic (exact) mass is 268 g/mol. The molecule has 18 heavy (non-hydrogen) atoms. The quantitative estimate of drug-likeness (QED) is 0.788. The summed E-state index contributed by atoms with van der Waals surface area (Å²) in [6, 6.07) is 3.82. The van der Waals surface area contributed by atoms with Gasteiger partial charge in [0.2, 0.25) is 0 Å². The molecule has 2 N–H and O–H groups in total. The van der Waals surface area contributed by atoms with Crippen molar-refractivity contribution < 1.29 is 14.3 Å². The van der Waals surface area contributed by atoms with Gasteiger partial charge in [-0.25, -0.2) is 0 Å². The van der Waals surface area contributed by atoms with Crippen molar-refractivity contribution in [3.05, 3.63) is 22.4 Å². The highest BCUT2D eigenvalue weighted by molar-refractivity contribution is 7.09. The standard InChI is InChI=1S/C12H16N2O3S/c15-11(13-7-9-3-1-5-17-9)12(16)14-8-10-4-2-6-18-10/h2,4,6,9H,1,3,5,7-8H2,(H,13,15)(H,14,16)/t9-/m0/s1. The second kappa shape index (κ2) is 6.51. The molecule has 5 nitrogen and oxygen atoms in total. The summed E-state index contributed by atoms with van der Waals surface area (Å²) in [7, 11) is 0. The molecule has 0 saturated carbocycles. The van der Waals surface area contributed by atoms with E-state index in [9.17, 15) is 9.59 Å². The number of hydrogen-bond donors (Lipinski definition) is 2. The Bertz CT molecular complexity index is 399. The van der Waals surface area contributed by atoms with Crippen LogP contribution < -0.4 is 10.6 Å². The Labute approximate surface area is 110 Å². The summed E-state index contributed by atoms with van der Waals surface area (Å²) in [5.41, 5.74) is 0. The lowest BCUT2D eigenvalue weighted by molar-refractivity contribution is -0.139. The maximum absolute atomic E-state index is 11.5. The highest BCUT2D eigenvalue weighted by Gasteiger charge is 2.18. The van der Waals surface area contributed by atoms with Gasteiger partial charge in [0.05, 0.1) is 12.6 Å². The molecule has 1 aliphatic rings. The van der Waals surface area contributed by atoms with E-state index in [1.807, 2.05) is 17.5 Å². The van der Waals surface area contributed by atoms with Crippen LogP contribution in [-0.2, 0) is 20.9 Å². The molecule has 1 aliphatic heterocycles. The van der Waals surface area contributed by atoms with Crippen LogP contribution in [0.15, 0.2) is 17.5 Å². The molecule has 1 fully saturated rings. The largest absolute Gasteiger partial charge is 0.376 e. The number of carbonyl (C=O) groups is 2. The van der Waals surface area contributed by atoms with Gasteiger partial charge in [-0.15, -0.1) is 11.3 Å². The molecule has 0 spiro atoms. The first-order chi connectivity index (χ1) is 8.75. The van der Waals surface area contributed by atoms with E-state index < -0.39 is 11.8 Å². The zero-order valence-corrected chi connectivity index (χ0v) is 10.8. The van der Waals surface area contributed by atoms with Gasteiger partial charge in [-0.2, -0.15) is 0 Å². The molecule has 1 aromatic heterocycles. The van der Waals surface area contributed by atoms with Crippen LogP contribution in [0, 0.1) is 0 Å². The van der Waals surface area contributed by atoms with E-state index in [1.165, 1.54) is 0 Å². The van der Waals surface area contributed by atoms with Crippen molar-refractivity contribution in [1.82, 2.24) is 10.6 Å². The number of carbonyl (C=O) groups excluding carboxylic acids is 2. The van der Waals surface area contributed by atoms with Crippen molar-refractivity contribution in [1.29, 1.82) is 0 Å². The number of nitrogens with one attached hydrogen (secondary N) is 2. The van der Waals surface area contributed by atoms with Gasteiger partial charge in [0.1, 0.15) is 0 Å². The maximum atomic E-state index is 11.5. The van der Waals surface area contributed by atoms with Gasteiger partial charge < -0.3 is 15.4 Å². The van der Waals surface area contributed by atoms with Crippen molar-refractivity contribution in [3.63, 3.8) is 0 Å². The second-order valence-corrected chi connectivity index (χ2v) is 5.14. The van der Waals surface area contributed by atoms with Crippen LogP contribution in [0.3, 0.4) is 0 Å². The van der Waals surface area contributed by atoms with Crippen molar-refractivity contribution in [2.75, 3.05) is 13.2 Å². The molecule has 1 aromatic rings. The van der Waals surface area contributed by atoms with Crippen LogP contribution in [-0.4, -0.2) is 31.1 Å². The van der Waals surface area contributed by atoms with Gasteiger partial charge in [0.15, 0.2) is 0 Å². The van der Waals surface area contributed by atoms with E-state index in [4.69, 9.17) is 4.74 Å². The summed E-state index contributed by atoms with van der Waals surface area (Å²) < 4.78 is 5.36. The van der Waals surface area contributed by atoms with Crippen LogP contribution in [0.4, 0.5) is 0 Å². The molecule has 2 heterocycles. The molecule has 1 saturated heterocycles. The average molecular weight is 268 g/mol. The van der Waals surface area contributed by atoms with E-state index in [0.29, 0.717) is 13.1 Å². The lowest BCUT2D eigenvalue weighted by Gasteiger charge is -2.10. The summed E-state index contributed by atoms with van der Waals surface area (Å²) in [6.45, 7) is 1.54. The lowest BCUT2D eigenvalue weighted by atomic mass is 10.2. The number of rotatable bonds is 4. The Hall–Kier alpha value is -1.40. The average Bonchev–Trinajstić information content (AvgIpc) is 3.05. The first-order valence-electron chi connectivity index (χ1n) is 5.95. The van der Waals surface area contributed by atoms with Crippen LogP contribution >= 0.6 is 11.3 Å². The van der Waals surface area contributed by atoms with Crippen LogP contribution in [0.1, 0.15) is 17.7 Å². The van der Waals surface area contributed by atoms with E-state index in [2.05, 4.69) is 10.6 Å². The predicted octanol–water partition coefficient (Wildman–Crippen LogP) is 0.659. The number of thiophene rings is 1. The molecule has 0 aromatic carbocycles. The third-order valence-corrected chi connectivity index (χ3v) is 3.60. The van der Waals surface area contributed by atoms with Gasteiger partial charge in [0, 0.05) is 18.0 Å². The summed E-state index contributed by atoms with van der Waals surface area (Å²) in [6.07, 6.45) is 2.02. The minimum Gasteiger partial charge on any atom is -0.376 e. The van der Waals surface area contributed by atoms with Crippen molar-refractivity contribution in [2.45, 2.75) is 25.5 Å². The molecule has 0 unspecified atom stereocenters. The number of amides is 2. The first-order valence-corrected chi connectivity index (χ1v) is 6.83. The molecular weight excluding hydrogens is 252 g/mol. The highest BCUT2D eigenvalue weighted by atomic mass is 32.1. The van der Waals surface area contributed by atoms with Gasteiger partial charge in [0.25, 0.3) is 0 Å². The second-order valence-electron chi connectivity index (χ2n) is 4.11. The molecule has 0 radical (unpaired) electrons. The van der Waals surface area contributed by atoms with Gasteiger partial charge >= 0.3 is 11.8 Å². The minimum absolute atomic E-state index is 0.0547. The number of hydrogen-bond acceptors (Lipinski definition) is 4. The fourth-order valence-corrected chi connectivity index (χ4v) is 2.40. The Morgan fingerprint density at radius 1 is 1.39 bits per heavy atom. The Morgan fingerprint density at radius 2 is 2.22 bits per heavy atom. The van der Waals surface area contributed by atoms with Crippen LogP contribution in [0.25, 0.3) is 0 Å². The van der Waals surface area contributed by atoms with Gasteiger partial charge in [-0.3, -0.25) is 9.59 Å². The molecule has 2 rings (SSSR count). The van der Waals surface area contributed by atoms with Crippen molar-refractivity contribution >= 4 is 23.2 Å². The molecule has 98 valence electrons. The molecule has 2 amide bonds. The highest BCUT2D eigenvalue weighted by Crippen LogP contribution is 2.10. The predicted molar refractivity (Wildman–Crippen MR) is 68.1 cm³/mol. The van der Waals surface area contributed by atoms with Crippen molar-refractivity contribution in [3.8, 4) is 0 Å². The molecular formula is C12H16N2O3S. The first kappa shape index (κ1) is 13.0. The van der Waals surface area contributed by atoms with Gasteiger partial charge in [-0.1, -0.05) is 6.07 Å². The summed E-state index contributed by atoms with van der Waals surface area (Å²) in [5, 5.41) is 7.09. The molecule has 1 atom stereocenters. The normalized spacial score (nSPS) is 18.6. The fourth-order valence-electron chi connectivity index (χ4n) is 1.75. The van der Waals surface area contributed by atoms with Crippen LogP contribution in [0.2, 0.25) is 0 Å². The smallest absolute Gasteiger partial charge is 0.309 e. The maximum Gasteiger partial charge on any atom is 0.309 e. The zero-order chi connectivity index (χ0) is 12.8.